The number of halogens is 1. The average molecular weight is 343 g/mol. The summed E-state index contributed by atoms with van der Waals surface area (Å²) >= 11 is 0. The Morgan fingerprint density at radius 3 is 2.92 bits per heavy atom. The molecule has 0 aliphatic carbocycles. The molecule has 0 saturated carbocycles. The molecule has 0 radical (unpaired) electrons. The predicted molar refractivity (Wildman–Crippen MR) is 90.8 cm³/mol. The molecule has 2 aromatic rings. The van der Waals surface area contributed by atoms with E-state index in [4.69, 9.17) is 14.2 Å². The fraction of sp³-hybridized carbons (Fsp3) is 0.211. The second-order valence-electron chi connectivity index (χ2n) is 5.47. The van der Waals surface area contributed by atoms with Crippen molar-refractivity contribution < 1.29 is 23.4 Å². The van der Waals surface area contributed by atoms with Gasteiger partial charge in [-0.05, 0) is 41.5 Å². The van der Waals surface area contributed by atoms with Crippen molar-refractivity contribution in [1.29, 1.82) is 0 Å². The van der Waals surface area contributed by atoms with Gasteiger partial charge in [0.15, 0.2) is 11.5 Å². The van der Waals surface area contributed by atoms with Gasteiger partial charge >= 0.3 is 0 Å². The van der Waals surface area contributed by atoms with Crippen LogP contribution in [-0.2, 0) is 9.53 Å². The second kappa shape index (κ2) is 7.81. The highest BCUT2D eigenvalue weighted by molar-refractivity contribution is 5.91. The van der Waals surface area contributed by atoms with Crippen molar-refractivity contribution in [2.75, 3.05) is 20.4 Å². The molecule has 5 nitrogen and oxygen atoms in total. The molecule has 1 aliphatic heterocycles. The predicted octanol–water partition coefficient (Wildman–Crippen LogP) is 3.07. The van der Waals surface area contributed by atoms with Crippen molar-refractivity contribution in [2.45, 2.75) is 6.10 Å². The quantitative estimate of drug-likeness (QED) is 0.819. The summed E-state index contributed by atoms with van der Waals surface area (Å²) in [7, 11) is 1.52. The van der Waals surface area contributed by atoms with Crippen LogP contribution in [0.3, 0.4) is 0 Å². The number of hydrogen-bond donors (Lipinski definition) is 1. The summed E-state index contributed by atoms with van der Waals surface area (Å²) in [6.07, 6.45) is 2.69. The Kier molecular flexibility index (Phi) is 5.30. The Hall–Kier alpha value is -2.86. The van der Waals surface area contributed by atoms with Crippen molar-refractivity contribution in [3.8, 4) is 11.5 Å². The van der Waals surface area contributed by atoms with Gasteiger partial charge in [-0.25, -0.2) is 4.39 Å². The topological polar surface area (TPSA) is 56.8 Å². The van der Waals surface area contributed by atoms with Crippen LogP contribution in [0.1, 0.15) is 17.2 Å². The molecule has 2 aromatic carbocycles. The van der Waals surface area contributed by atoms with E-state index in [2.05, 4.69) is 5.32 Å². The molecule has 0 aromatic heterocycles. The fourth-order valence-electron chi connectivity index (χ4n) is 2.49. The van der Waals surface area contributed by atoms with Crippen molar-refractivity contribution in [2.24, 2.45) is 0 Å². The maximum Gasteiger partial charge on any atom is 0.244 e. The molecule has 0 bridgehead atoms. The average Bonchev–Trinajstić information content (AvgIpc) is 3.08. The number of nitrogens with one attached hydrogen (secondary N) is 1. The normalized spacial score (nSPS) is 13.8. The molecule has 0 saturated heterocycles. The number of amides is 1. The molecular formula is C19H18FNO4. The molecule has 0 unspecified atom stereocenters. The Labute approximate surface area is 145 Å². The lowest BCUT2D eigenvalue weighted by Crippen LogP contribution is -2.27. The maximum atomic E-state index is 13.3. The SMILES string of the molecule is CO[C@@H](CNC(=O)/C=C/c1ccc2c(c1)OCO2)c1cccc(F)c1. The van der Waals surface area contributed by atoms with E-state index < -0.39 is 6.10 Å². The van der Waals surface area contributed by atoms with E-state index in [9.17, 15) is 9.18 Å². The van der Waals surface area contributed by atoms with Gasteiger partial charge in [0.2, 0.25) is 12.7 Å². The largest absolute Gasteiger partial charge is 0.454 e. The van der Waals surface area contributed by atoms with Crippen LogP contribution in [0, 0.1) is 5.82 Å². The highest BCUT2D eigenvalue weighted by Gasteiger charge is 2.13. The van der Waals surface area contributed by atoms with Gasteiger partial charge in [-0.15, -0.1) is 0 Å². The fourth-order valence-corrected chi connectivity index (χ4v) is 2.49. The summed E-state index contributed by atoms with van der Waals surface area (Å²) in [6.45, 7) is 0.450. The highest BCUT2D eigenvalue weighted by Crippen LogP contribution is 2.32. The van der Waals surface area contributed by atoms with E-state index in [1.807, 2.05) is 6.07 Å². The molecule has 3 rings (SSSR count). The number of ether oxygens (including phenoxy) is 3. The first-order valence-electron chi connectivity index (χ1n) is 7.79. The van der Waals surface area contributed by atoms with E-state index in [1.54, 1.807) is 30.3 Å². The molecule has 25 heavy (non-hydrogen) atoms. The number of rotatable bonds is 6. The Morgan fingerprint density at radius 1 is 1.28 bits per heavy atom. The number of fused-ring (bicyclic) bond motifs is 1. The lowest BCUT2D eigenvalue weighted by atomic mass is 10.1. The van der Waals surface area contributed by atoms with E-state index in [-0.39, 0.29) is 25.1 Å². The molecule has 0 fully saturated rings. The van der Waals surface area contributed by atoms with Crippen LogP contribution in [0.25, 0.3) is 6.08 Å². The number of benzene rings is 2. The molecule has 1 atom stereocenters. The molecular weight excluding hydrogens is 325 g/mol. The Bertz CT molecular complexity index is 791. The molecule has 6 heteroatoms. The zero-order valence-electron chi connectivity index (χ0n) is 13.7. The van der Waals surface area contributed by atoms with Gasteiger partial charge in [0.1, 0.15) is 5.82 Å². The first-order chi connectivity index (χ1) is 12.2. The first-order valence-corrected chi connectivity index (χ1v) is 7.79. The molecule has 130 valence electrons. The monoisotopic (exact) mass is 343 g/mol. The van der Waals surface area contributed by atoms with Gasteiger partial charge in [-0.3, -0.25) is 4.79 Å². The van der Waals surface area contributed by atoms with Crippen LogP contribution in [-0.4, -0.2) is 26.4 Å². The second-order valence-corrected chi connectivity index (χ2v) is 5.47. The van der Waals surface area contributed by atoms with E-state index in [0.29, 0.717) is 17.1 Å². The minimum absolute atomic E-state index is 0.210. The summed E-state index contributed by atoms with van der Waals surface area (Å²) in [5, 5.41) is 2.75. The van der Waals surface area contributed by atoms with E-state index >= 15 is 0 Å². The minimum Gasteiger partial charge on any atom is -0.454 e. The maximum absolute atomic E-state index is 13.3. The van der Waals surface area contributed by atoms with Gasteiger partial charge in [0.05, 0.1) is 6.10 Å². The summed E-state index contributed by atoms with van der Waals surface area (Å²) in [4.78, 5) is 12.0. The van der Waals surface area contributed by atoms with Crippen LogP contribution >= 0.6 is 0 Å². The lowest BCUT2D eigenvalue weighted by Gasteiger charge is -2.16. The first kappa shape index (κ1) is 17.0. The number of methoxy groups -OCH3 is 1. The standard InChI is InChI=1S/C19H18FNO4/c1-23-18(14-3-2-4-15(20)10-14)11-21-19(22)8-6-13-5-7-16-17(9-13)25-12-24-16/h2-10,18H,11-12H2,1H3,(H,21,22)/b8-6+/t18-/m0/s1. The zero-order valence-corrected chi connectivity index (χ0v) is 13.7. The number of carbonyl (C=O) groups is 1. The molecule has 1 amide bonds. The third-order valence-corrected chi connectivity index (χ3v) is 3.79. The van der Waals surface area contributed by atoms with Crippen molar-refractivity contribution in [3.05, 3.63) is 65.5 Å². The lowest BCUT2D eigenvalue weighted by molar-refractivity contribution is -0.117. The number of hydrogen-bond acceptors (Lipinski definition) is 4. The summed E-state index contributed by atoms with van der Waals surface area (Å²) in [5.74, 6) is 0.748. The van der Waals surface area contributed by atoms with Gasteiger partial charge in [-0.2, -0.15) is 0 Å². The smallest absolute Gasteiger partial charge is 0.244 e. The minimum atomic E-state index is -0.418. The van der Waals surface area contributed by atoms with Crippen LogP contribution in [0.5, 0.6) is 11.5 Å². The number of carbonyl (C=O) groups excluding carboxylic acids is 1. The summed E-state index contributed by atoms with van der Waals surface area (Å²) < 4.78 is 29.1. The summed E-state index contributed by atoms with van der Waals surface area (Å²) in [6, 6.07) is 11.6. The van der Waals surface area contributed by atoms with Crippen LogP contribution in [0.4, 0.5) is 4.39 Å². The van der Waals surface area contributed by atoms with Crippen LogP contribution in [0.15, 0.2) is 48.5 Å². The molecule has 1 aliphatic rings. The van der Waals surface area contributed by atoms with Crippen molar-refractivity contribution in [3.63, 3.8) is 0 Å². The van der Waals surface area contributed by atoms with E-state index in [1.165, 1.54) is 25.3 Å². The van der Waals surface area contributed by atoms with Gasteiger partial charge in [0, 0.05) is 19.7 Å². The zero-order chi connectivity index (χ0) is 17.6. The summed E-state index contributed by atoms with van der Waals surface area (Å²) in [5.41, 5.74) is 1.50. The highest BCUT2D eigenvalue weighted by atomic mass is 19.1. The van der Waals surface area contributed by atoms with Crippen LogP contribution in [0.2, 0.25) is 0 Å². The Balaban J connectivity index is 1.56. The van der Waals surface area contributed by atoms with Gasteiger partial charge in [0.25, 0.3) is 0 Å². The van der Waals surface area contributed by atoms with E-state index in [0.717, 1.165) is 5.56 Å². The van der Waals surface area contributed by atoms with Gasteiger partial charge < -0.3 is 19.5 Å². The Morgan fingerprint density at radius 2 is 2.12 bits per heavy atom. The molecule has 1 heterocycles. The third kappa shape index (κ3) is 4.36. The van der Waals surface area contributed by atoms with Crippen LogP contribution < -0.4 is 14.8 Å². The van der Waals surface area contributed by atoms with Crippen molar-refractivity contribution >= 4 is 12.0 Å². The third-order valence-electron chi connectivity index (χ3n) is 3.79. The van der Waals surface area contributed by atoms with Gasteiger partial charge in [-0.1, -0.05) is 18.2 Å². The molecule has 0 spiro atoms. The van der Waals surface area contributed by atoms with Crippen molar-refractivity contribution in [1.82, 2.24) is 5.32 Å². The molecule has 1 N–H and O–H groups in total.